The number of nitrogens with zero attached hydrogens (tertiary/aromatic N) is 2. The third-order valence-corrected chi connectivity index (χ3v) is 7.56. The molecular formula is C30H54N2. The van der Waals surface area contributed by atoms with E-state index >= 15 is 0 Å². The summed E-state index contributed by atoms with van der Waals surface area (Å²) in [6.45, 7) is 32.6. The summed E-state index contributed by atoms with van der Waals surface area (Å²) >= 11 is 0. The molecule has 0 aromatic heterocycles. The molecule has 4 unspecified atom stereocenters. The van der Waals surface area contributed by atoms with Crippen LogP contribution in [0.2, 0.25) is 0 Å². The van der Waals surface area contributed by atoms with Crippen molar-refractivity contribution in [1.29, 1.82) is 0 Å². The van der Waals surface area contributed by atoms with Gasteiger partial charge in [0.2, 0.25) is 0 Å². The molecule has 184 valence electrons. The highest BCUT2D eigenvalue weighted by Crippen LogP contribution is 2.38. The van der Waals surface area contributed by atoms with Gasteiger partial charge in [-0.1, -0.05) is 100 Å². The summed E-state index contributed by atoms with van der Waals surface area (Å²) in [6.07, 6.45) is 12.5. The first kappa shape index (κ1) is 30.5. The second-order valence-corrected chi connectivity index (χ2v) is 10.6. The van der Waals surface area contributed by atoms with Crippen LogP contribution in [-0.4, -0.2) is 29.7 Å². The Bertz CT molecular complexity index is 636. The molecule has 0 fully saturated rings. The summed E-state index contributed by atoms with van der Waals surface area (Å²) in [5, 5.41) is 0. The topological polar surface area (TPSA) is 15.6 Å². The van der Waals surface area contributed by atoms with E-state index in [4.69, 9.17) is 11.4 Å². The number of allylic oxidation sites excluding steroid dienone is 2. The molecule has 0 N–H and O–H groups in total. The van der Waals surface area contributed by atoms with E-state index in [9.17, 15) is 0 Å². The van der Waals surface area contributed by atoms with Gasteiger partial charge in [0.15, 0.2) is 0 Å². The minimum atomic E-state index is 0.169. The van der Waals surface area contributed by atoms with Crippen molar-refractivity contribution in [2.24, 2.45) is 40.0 Å². The number of hydrogen-bond donors (Lipinski definition) is 0. The molecule has 1 aliphatic heterocycles. The highest BCUT2D eigenvalue weighted by molar-refractivity contribution is 5.89. The lowest BCUT2D eigenvalue weighted by Crippen LogP contribution is -2.49. The number of terminal acetylenes is 1. The smallest absolute Gasteiger partial charge is 0.0571 e. The Labute approximate surface area is 202 Å². The molecule has 0 radical (unpaired) electrons. The van der Waals surface area contributed by atoms with Crippen LogP contribution in [0.1, 0.15) is 94.9 Å². The second-order valence-electron chi connectivity index (χ2n) is 10.6. The van der Waals surface area contributed by atoms with Gasteiger partial charge >= 0.3 is 0 Å². The molecule has 0 aromatic carbocycles. The molecule has 0 bridgehead atoms. The average molecular weight is 443 g/mol. The van der Waals surface area contributed by atoms with Crippen LogP contribution in [0.25, 0.3) is 0 Å². The lowest BCUT2D eigenvalue weighted by Gasteiger charge is -2.44. The van der Waals surface area contributed by atoms with Crippen LogP contribution in [0.15, 0.2) is 29.8 Å². The third-order valence-electron chi connectivity index (χ3n) is 7.56. The van der Waals surface area contributed by atoms with Crippen LogP contribution in [0.3, 0.4) is 0 Å². The predicted molar refractivity (Wildman–Crippen MR) is 146 cm³/mol. The molecule has 1 rings (SSSR count). The first-order valence-electron chi connectivity index (χ1n) is 13.1. The van der Waals surface area contributed by atoms with Gasteiger partial charge in [0.05, 0.1) is 12.6 Å². The first-order valence-corrected chi connectivity index (χ1v) is 13.1. The van der Waals surface area contributed by atoms with Crippen molar-refractivity contribution in [3.05, 3.63) is 24.8 Å². The van der Waals surface area contributed by atoms with Crippen LogP contribution < -0.4 is 0 Å². The summed E-state index contributed by atoms with van der Waals surface area (Å²) in [6, 6.07) is 3.33. The average Bonchev–Trinajstić information content (AvgIpc) is 2.92. The first-order chi connectivity index (χ1) is 15.0. The highest BCUT2D eigenvalue weighted by atomic mass is 15.2. The van der Waals surface area contributed by atoms with Crippen molar-refractivity contribution >= 4 is 5.71 Å². The number of aliphatic imine (C=N–C) groups is 1. The SMILES string of the molecule is C#CN1CCN=C([C@H](C)CC(C)[C@H](C)CC(=C)C(C)C=C)C(C)C1C(C)(C)CCC.CC. The standard InChI is InChI=1S/C28H48N2.C2H6/c1-12-15-28(10,11)27-25(9)26(29-16-17-30(27)14-3)24(8)19-23(7)22(6)18-21(5)20(4)13-2;1-2/h3,13,20,22-25,27H,2,5,12,15-19H2,1,4,6-11H3;1-2H3/t20?,22-,23?,24-,25?,27?;/m1./s1. The second kappa shape index (κ2) is 14.6. The maximum Gasteiger partial charge on any atom is 0.0571 e. The lowest BCUT2D eigenvalue weighted by molar-refractivity contribution is 0.109. The quantitative estimate of drug-likeness (QED) is 0.232. The molecule has 0 amide bonds. The highest BCUT2D eigenvalue weighted by Gasteiger charge is 2.41. The summed E-state index contributed by atoms with van der Waals surface area (Å²) in [5.41, 5.74) is 2.84. The molecule has 2 heteroatoms. The Balaban J connectivity index is 0.00000466. The van der Waals surface area contributed by atoms with E-state index in [0.29, 0.717) is 35.6 Å². The third kappa shape index (κ3) is 8.46. The molecule has 0 spiro atoms. The van der Waals surface area contributed by atoms with Gasteiger partial charge in [-0.25, -0.2) is 0 Å². The van der Waals surface area contributed by atoms with Gasteiger partial charge in [0.1, 0.15) is 0 Å². The zero-order valence-electron chi connectivity index (χ0n) is 23.2. The van der Waals surface area contributed by atoms with Crippen molar-refractivity contribution in [3.63, 3.8) is 0 Å². The minimum Gasteiger partial charge on any atom is -0.327 e. The Kier molecular flexibility index (Phi) is 13.9. The van der Waals surface area contributed by atoms with Crippen LogP contribution in [-0.2, 0) is 0 Å². The fraction of sp³-hybridized carbons (Fsp3) is 0.767. The van der Waals surface area contributed by atoms with E-state index in [1.165, 1.54) is 24.1 Å². The zero-order valence-corrected chi connectivity index (χ0v) is 23.2. The van der Waals surface area contributed by atoms with Crippen LogP contribution in [0.4, 0.5) is 0 Å². The number of hydrogen-bond acceptors (Lipinski definition) is 2. The summed E-state index contributed by atoms with van der Waals surface area (Å²) in [4.78, 5) is 7.32. The fourth-order valence-corrected chi connectivity index (χ4v) is 5.52. The molecule has 0 saturated heterocycles. The van der Waals surface area contributed by atoms with Crippen LogP contribution in [0, 0.1) is 47.5 Å². The molecule has 1 aliphatic rings. The molecule has 1 heterocycles. The van der Waals surface area contributed by atoms with Gasteiger partial charge in [-0.15, -0.1) is 6.58 Å². The van der Waals surface area contributed by atoms with Gasteiger partial charge in [0.25, 0.3) is 0 Å². The van der Waals surface area contributed by atoms with Crippen molar-refractivity contribution in [2.45, 2.75) is 101 Å². The Morgan fingerprint density at radius 3 is 2.34 bits per heavy atom. The van der Waals surface area contributed by atoms with Crippen LogP contribution >= 0.6 is 0 Å². The normalized spacial score (nSPS) is 22.8. The molecule has 0 saturated carbocycles. The van der Waals surface area contributed by atoms with Gasteiger partial charge in [-0.3, -0.25) is 4.99 Å². The predicted octanol–water partition coefficient (Wildman–Crippen LogP) is 8.26. The molecule has 0 aromatic rings. The summed E-state index contributed by atoms with van der Waals surface area (Å²) in [7, 11) is 0. The minimum absolute atomic E-state index is 0.169. The van der Waals surface area contributed by atoms with Crippen LogP contribution in [0.5, 0.6) is 0 Å². The molecular weight excluding hydrogens is 388 g/mol. The molecule has 0 aliphatic carbocycles. The molecule has 2 nitrogen and oxygen atoms in total. The monoisotopic (exact) mass is 442 g/mol. The van der Waals surface area contributed by atoms with E-state index in [1.54, 1.807) is 0 Å². The Morgan fingerprint density at radius 1 is 1.25 bits per heavy atom. The van der Waals surface area contributed by atoms with Crippen molar-refractivity contribution in [2.75, 3.05) is 13.1 Å². The zero-order chi connectivity index (χ0) is 25.1. The van der Waals surface area contributed by atoms with E-state index in [0.717, 1.165) is 25.9 Å². The van der Waals surface area contributed by atoms with Crippen molar-refractivity contribution < 1.29 is 0 Å². The Hall–Kier alpha value is -1.49. The van der Waals surface area contributed by atoms with E-state index < -0.39 is 0 Å². The fourth-order valence-electron chi connectivity index (χ4n) is 5.52. The Morgan fingerprint density at radius 2 is 1.84 bits per heavy atom. The summed E-state index contributed by atoms with van der Waals surface area (Å²) in [5.74, 6) is 2.47. The van der Waals surface area contributed by atoms with E-state index in [1.807, 2.05) is 19.9 Å². The van der Waals surface area contributed by atoms with Gasteiger partial charge in [-0.05, 0) is 48.3 Å². The van der Waals surface area contributed by atoms with E-state index in [-0.39, 0.29) is 5.41 Å². The van der Waals surface area contributed by atoms with Gasteiger partial charge in [0, 0.05) is 24.2 Å². The maximum absolute atomic E-state index is 5.95. The summed E-state index contributed by atoms with van der Waals surface area (Å²) < 4.78 is 0. The van der Waals surface area contributed by atoms with Gasteiger partial charge < -0.3 is 4.90 Å². The van der Waals surface area contributed by atoms with Crippen molar-refractivity contribution in [3.8, 4) is 12.5 Å². The lowest BCUT2D eigenvalue weighted by atomic mass is 9.70. The largest absolute Gasteiger partial charge is 0.327 e. The molecule has 32 heavy (non-hydrogen) atoms. The van der Waals surface area contributed by atoms with Gasteiger partial charge in [-0.2, -0.15) is 0 Å². The van der Waals surface area contributed by atoms with Crippen molar-refractivity contribution in [1.82, 2.24) is 4.90 Å². The number of rotatable bonds is 11. The van der Waals surface area contributed by atoms with E-state index in [2.05, 4.69) is 79.5 Å². The maximum atomic E-state index is 5.95. The molecule has 6 atom stereocenters.